The maximum atomic E-state index is 12.8. The second kappa shape index (κ2) is 22.4. The van der Waals surface area contributed by atoms with Crippen molar-refractivity contribution in [2.24, 2.45) is 0 Å². The maximum absolute atomic E-state index is 12.8. The molecule has 0 saturated carbocycles. The van der Waals surface area contributed by atoms with E-state index < -0.39 is 32.0 Å². The van der Waals surface area contributed by atoms with E-state index in [2.05, 4.69) is 9.44 Å². The number of carboxylic acids is 2. The van der Waals surface area contributed by atoms with E-state index >= 15 is 0 Å². The fourth-order valence-corrected chi connectivity index (χ4v) is 8.28. The molecule has 312 valence electrons. The molecule has 0 amide bonds. The molecular formula is C46H52N2O9S2. The number of carbonyl (C=O) groups is 3. The third kappa shape index (κ3) is 14.5. The number of carbonyl (C=O) groups excluding carboxylic acids is 1. The van der Waals surface area contributed by atoms with Gasteiger partial charge in [0, 0.05) is 5.56 Å². The third-order valence-corrected chi connectivity index (χ3v) is 12.4. The number of ketones is 1. The van der Waals surface area contributed by atoms with Crippen LogP contribution in [-0.4, -0.2) is 50.5 Å². The summed E-state index contributed by atoms with van der Waals surface area (Å²) >= 11 is 0. The van der Waals surface area contributed by atoms with Crippen molar-refractivity contribution in [2.75, 3.05) is 15.2 Å². The molecule has 0 aliphatic carbocycles. The summed E-state index contributed by atoms with van der Waals surface area (Å²) in [4.78, 5) is 34.1. The Morgan fingerprint density at radius 2 is 0.864 bits per heavy atom. The van der Waals surface area contributed by atoms with Crippen molar-refractivity contribution in [2.45, 2.75) is 83.0 Å². The van der Waals surface area contributed by atoms with Crippen molar-refractivity contribution in [1.29, 1.82) is 0 Å². The standard InChI is InChI=1S/C26H27NO5S.C20H25NO4S/c1-19(28)20-15-17-23(18-16-20)33(31,32)27-25-14-8-6-12-22(25)11-4-2-3-9-21-10-5-7-13-24(21)26(29)30;1-2-26(24,25)21-19-15-9-7-13-17(19)12-5-3-4-10-16-11-6-8-14-18(16)20(22)23/h5-8,10,12-18,27H,2-4,9,11H2,1H3,(H,29,30);6-9,11,13-15,21H,2-5,10,12H2,1H3,(H,22,23). The van der Waals surface area contributed by atoms with Gasteiger partial charge in [-0.2, -0.15) is 0 Å². The Balaban J connectivity index is 0.000000268. The summed E-state index contributed by atoms with van der Waals surface area (Å²) in [7, 11) is -7.06. The molecule has 4 N–H and O–H groups in total. The molecule has 5 rings (SSSR count). The lowest BCUT2D eigenvalue weighted by Crippen LogP contribution is -2.15. The number of Topliss-reactive ketones (excluding diaryl/α,β-unsaturated/α-hetero) is 1. The zero-order valence-corrected chi connectivity index (χ0v) is 35.0. The lowest BCUT2D eigenvalue weighted by atomic mass is 9.99. The number of unbranched alkanes of at least 4 members (excludes halogenated alkanes) is 4. The normalized spacial score (nSPS) is 11.2. The van der Waals surface area contributed by atoms with E-state index in [0.717, 1.165) is 73.6 Å². The third-order valence-electron chi connectivity index (χ3n) is 9.78. The Morgan fingerprint density at radius 1 is 0.492 bits per heavy atom. The highest BCUT2D eigenvalue weighted by Gasteiger charge is 2.17. The Labute approximate surface area is 347 Å². The van der Waals surface area contributed by atoms with Gasteiger partial charge in [0.1, 0.15) is 0 Å². The average Bonchev–Trinajstić information content (AvgIpc) is 3.22. The zero-order chi connectivity index (χ0) is 42.8. The molecule has 0 aliphatic heterocycles. The van der Waals surface area contributed by atoms with Crippen LogP contribution in [0.5, 0.6) is 0 Å². The first-order chi connectivity index (χ1) is 28.2. The summed E-state index contributed by atoms with van der Waals surface area (Å²) in [6.07, 6.45) is 8.24. The van der Waals surface area contributed by atoms with Crippen LogP contribution < -0.4 is 9.44 Å². The minimum Gasteiger partial charge on any atom is -0.478 e. The first-order valence-electron chi connectivity index (χ1n) is 19.6. The fourth-order valence-electron chi connectivity index (χ4n) is 6.50. The van der Waals surface area contributed by atoms with Crippen molar-refractivity contribution in [3.8, 4) is 0 Å². The zero-order valence-electron chi connectivity index (χ0n) is 33.4. The molecule has 0 radical (unpaired) electrons. The van der Waals surface area contributed by atoms with Crippen molar-refractivity contribution in [1.82, 2.24) is 0 Å². The monoisotopic (exact) mass is 840 g/mol. The molecule has 0 saturated heterocycles. The molecule has 0 atom stereocenters. The summed E-state index contributed by atoms with van der Waals surface area (Å²) in [5.74, 6) is -1.88. The van der Waals surface area contributed by atoms with Gasteiger partial charge in [0.2, 0.25) is 10.0 Å². The van der Waals surface area contributed by atoms with Gasteiger partial charge in [-0.15, -0.1) is 0 Å². The number of para-hydroxylation sites is 2. The number of rotatable bonds is 21. The van der Waals surface area contributed by atoms with Gasteiger partial charge in [0.15, 0.2) is 5.78 Å². The highest BCUT2D eigenvalue weighted by molar-refractivity contribution is 7.93. The van der Waals surface area contributed by atoms with Gasteiger partial charge >= 0.3 is 11.9 Å². The first kappa shape index (κ1) is 45.9. The van der Waals surface area contributed by atoms with Crippen LogP contribution >= 0.6 is 0 Å². The van der Waals surface area contributed by atoms with Crippen LogP contribution in [-0.2, 0) is 45.7 Å². The largest absolute Gasteiger partial charge is 0.478 e. The van der Waals surface area contributed by atoms with E-state index in [-0.39, 0.29) is 16.4 Å². The van der Waals surface area contributed by atoms with E-state index in [4.69, 9.17) is 0 Å². The molecular weight excluding hydrogens is 789 g/mol. The number of nitrogens with one attached hydrogen (secondary N) is 2. The lowest BCUT2D eigenvalue weighted by molar-refractivity contribution is 0.0684. The predicted molar refractivity (Wildman–Crippen MR) is 233 cm³/mol. The minimum absolute atomic E-state index is 0.0460. The van der Waals surface area contributed by atoms with Gasteiger partial charge in [0.05, 0.1) is 33.2 Å². The summed E-state index contributed by atoms with van der Waals surface area (Å²) < 4.78 is 54.5. The van der Waals surface area contributed by atoms with Crippen LogP contribution in [0.25, 0.3) is 0 Å². The van der Waals surface area contributed by atoms with Gasteiger partial charge in [-0.25, -0.2) is 26.4 Å². The quantitative estimate of drug-likeness (QED) is 0.0413. The van der Waals surface area contributed by atoms with E-state index in [1.807, 2.05) is 54.6 Å². The number of hydrogen-bond donors (Lipinski definition) is 4. The fraction of sp³-hybridized carbons (Fsp3) is 0.283. The van der Waals surface area contributed by atoms with Crippen LogP contribution in [0.15, 0.2) is 126 Å². The SMILES string of the molecule is CC(=O)c1ccc(S(=O)(=O)Nc2ccccc2CCCCCc2ccccc2C(=O)O)cc1.CCS(=O)(=O)Nc1ccccc1CCCCCc1ccccc1C(=O)O. The number of aryl methyl sites for hydroxylation is 4. The lowest BCUT2D eigenvalue weighted by Gasteiger charge is -2.13. The molecule has 0 unspecified atom stereocenters. The van der Waals surface area contributed by atoms with Gasteiger partial charge in [-0.1, -0.05) is 97.8 Å². The summed E-state index contributed by atoms with van der Waals surface area (Å²) in [5, 5.41) is 18.5. The van der Waals surface area contributed by atoms with Crippen molar-refractivity contribution in [3.63, 3.8) is 0 Å². The van der Waals surface area contributed by atoms with Gasteiger partial charge < -0.3 is 10.2 Å². The molecule has 0 fully saturated rings. The molecule has 59 heavy (non-hydrogen) atoms. The van der Waals surface area contributed by atoms with E-state index in [0.29, 0.717) is 40.9 Å². The molecule has 13 heteroatoms. The van der Waals surface area contributed by atoms with Crippen LogP contribution in [0.1, 0.15) is 106 Å². The highest BCUT2D eigenvalue weighted by Crippen LogP contribution is 2.24. The summed E-state index contributed by atoms with van der Waals surface area (Å²) in [6, 6.07) is 34.7. The summed E-state index contributed by atoms with van der Waals surface area (Å²) in [6.45, 7) is 3.04. The Bertz CT molecular complexity index is 2410. The minimum atomic E-state index is -3.78. The van der Waals surface area contributed by atoms with Crippen LogP contribution in [0.4, 0.5) is 11.4 Å². The molecule has 5 aromatic carbocycles. The van der Waals surface area contributed by atoms with Crippen molar-refractivity contribution < 1.29 is 41.4 Å². The number of benzene rings is 5. The molecule has 11 nitrogen and oxygen atoms in total. The second-order valence-electron chi connectivity index (χ2n) is 14.1. The van der Waals surface area contributed by atoms with E-state index in [1.165, 1.54) is 31.2 Å². The topological polar surface area (TPSA) is 184 Å². The summed E-state index contributed by atoms with van der Waals surface area (Å²) in [5.41, 5.74) is 5.91. The van der Waals surface area contributed by atoms with Gasteiger partial charge in [-0.05, 0) is 124 Å². The van der Waals surface area contributed by atoms with Crippen LogP contribution in [0.3, 0.4) is 0 Å². The van der Waals surface area contributed by atoms with Crippen molar-refractivity contribution >= 4 is 49.1 Å². The van der Waals surface area contributed by atoms with Gasteiger partial charge in [-0.3, -0.25) is 14.2 Å². The molecule has 0 aliphatic rings. The molecule has 0 aromatic heterocycles. The second-order valence-corrected chi connectivity index (χ2v) is 17.7. The maximum Gasteiger partial charge on any atom is 0.335 e. The Hall–Kier alpha value is -5.79. The highest BCUT2D eigenvalue weighted by atomic mass is 32.2. The van der Waals surface area contributed by atoms with Gasteiger partial charge in [0.25, 0.3) is 10.0 Å². The van der Waals surface area contributed by atoms with E-state index in [9.17, 15) is 41.4 Å². The molecule has 0 spiro atoms. The number of carboxylic acid groups (broad SMARTS) is 2. The smallest absolute Gasteiger partial charge is 0.335 e. The van der Waals surface area contributed by atoms with Crippen LogP contribution in [0, 0.1) is 0 Å². The van der Waals surface area contributed by atoms with Crippen molar-refractivity contribution in [3.05, 3.63) is 160 Å². The Kier molecular flexibility index (Phi) is 17.4. The Morgan fingerprint density at radius 3 is 1.27 bits per heavy atom. The number of sulfonamides is 2. The molecule has 5 aromatic rings. The van der Waals surface area contributed by atoms with E-state index in [1.54, 1.807) is 49.4 Å². The molecule has 0 heterocycles. The first-order valence-corrected chi connectivity index (χ1v) is 22.8. The number of anilines is 2. The number of aromatic carboxylic acids is 2. The molecule has 0 bridgehead atoms. The number of hydrogen-bond acceptors (Lipinski definition) is 7. The average molecular weight is 841 g/mol. The predicted octanol–water partition coefficient (Wildman–Crippen LogP) is 9.45. The van der Waals surface area contributed by atoms with Crippen LogP contribution in [0.2, 0.25) is 0 Å².